The fourth-order valence-electron chi connectivity index (χ4n) is 3.69. The van der Waals surface area contributed by atoms with Crippen molar-refractivity contribution in [3.63, 3.8) is 0 Å². The van der Waals surface area contributed by atoms with E-state index in [-0.39, 0.29) is 5.56 Å². The van der Waals surface area contributed by atoms with Gasteiger partial charge in [-0.2, -0.15) is 13.2 Å². The molecule has 0 spiro atoms. The average Bonchev–Trinajstić information content (AvgIpc) is 3.27. The Bertz CT molecular complexity index is 1090. The molecule has 9 heteroatoms. The van der Waals surface area contributed by atoms with Gasteiger partial charge in [-0.15, -0.1) is 11.3 Å². The highest BCUT2D eigenvalue weighted by Crippen LogP contribution is 2.32. The van der Waals surface area contributed by atoms with Gasteiger partial charge in [0, 0.05) is 43.7 Å². The predicted octanol–water partition coefficient (Wildman–Crippen LogP) is 4.80. The lowest BCUT2D eigenvalue weighted by molar-refractivity contribution is -0.138. The first-order chi connectivity index (χ1) is 15.3. The van der Waals surface area contributed by atoms with E-state index in [1.54, 1.807) is 18.4 Å². The average molecular weight is 462 g/mol. The predicted molar refractivity (Wildman–Crippen MR) is 117 cm³/mol. The normalized spacial score (nSPS) is 15.1. The van der Waals surface area contributed by atoms with Crippen LogP contribution in [0.2, 0.25) is 0 Å². The van der Waals surface area contributed by atoms with Crippen LogP contribution in [0.1, 0.15) is 21.6 Å². The zero-order valence-electron chi connectivity index (χ0n) is 17.4. The fraction of sp³-hybridized carbons (Fsp3) is 0.304. The quantitative estimate of drug-likeness (QED) is 0.548. The van der Waals surface area contributed by atoms with Crippen LogP contribution in [-0.2, 0) is 12.7 Å². The highest BCUT2D eigenvalue weighted by atomic mass is 32.1. The number of hydrogen-bond donors (Lipinski definition) is 0. The third-order valence-corrected chi connectivity index (χ3v) is 6.32. The molecule has 0 radical (unpaired) electrons. The molecule has 1 aliphatic heterocycles. The van der Waals surface area contributed by atoms with Crippen LogP contribution < -0.4 is 4.74 Å². The molecule has 0 bridgehead atoms. The summed E-state index contributed by atoms with van der Waals surface area (Å²) in [7, 11) is 1.62. The molecular formula is C23H22F3N3O2S. The highest BCUT2D eigenvalue weighted by molar-refractivity contribution is 7.13. The lowest BCUT2D eigenvalue weighted by Gasteiger charge is -2.34. The van der Waals surface area contributed by atoms with Crippen molar-refractivity contribution in [3.05, 3.63) is 70.7 Å². The van der Waals surface area contributed by atoms with Crippen LogP contribution in [0.25, 0.3) is 10.6 Å². The summed E-state index contributed by atoms with van der Waals surface area (Å²) in [4.78, 5) is 21.1. The number of nitrogens with zero attached hydrogens (tertiary/aromatic N) is 3. The molecule has 0 N–H and O–H groups in total. The zero-order chi connectivity index (χ0) is 22.7. The van der Waals surface area contributed by atoms with Crippen molar-refractivity contribution in [2.75, 3.05) is 33.3 Å². The highest BCUT2D eigenvalue weighted by Gasteiger charge is 2.36. The van der Waals surface area contributed by atoms with Crippen LogP contribution in [0.4, 0.5) is 13.2 Å². The van der Waals surface area contributed by atoms with E-state index >= 15 is 0 Å². The smallest absolute Gasteiger partial charge is 0.417 e. The molecule has 1 amide bonds. The van der Waals surface area contributed by atoms with Gasteiger partial charge in [-0.25, -0.2) is 4.98 Å². The first kappa shape index (κ1) is 22.3. The van der Waals surface area contributed by atoms with E-state index in [0.717, 1.165) is 28.1 Å². The van der Waals surface area contributed by atoms with Crippen LogP contribution in [-0.4, -0.2) is 54.0 Å². The van der Waals surface area contributed by atoms with Crippen molar-refractivity contribution in [2.24, 2.45) is 0 Å². The number of thiazole rings is 1. The zero-order valence-corrected chi connectivity index (χ0v) is 18.2. The van der Waals surface area contributed by atoms with E-state index in [9.17, 15) is 18.0 Å². The van der Waals surface area contributed by atoms with Gasteiger partial charge < -0.3 is 9.64 Å². The lowest BCUT2D eigenvalue weighted by atomic mass is 10.1. The first-order valence-corrected chi connectivity index (χ1v) is 11.0. The fourth-order valence-corrected chi connectivity index (χ4v) is 4.50. The third-order valence-electron chi connectivity index (χ3n) is 5.38. The minimum absolute atomic E-state index is 0.295. The minimum atomic E-state index is -4.56. The second-order valence-corrected chi connectivity index (χ2v) is 8.35. The van der Waals surface area contributed by atoms with Crippen molar-refractivity contribution in [1.82, 2.24) is 14.8 Å². The molecule has 0 aliphatic carbocycles. The molecule has 1 saturated heterocycles. The minimum Gasteiger partial charge on any atom is -0.497 e. The van der Waals surface area contributed by atoms with Crippen molar-refractivity contribution in [1.29, 1.82) is 0 Å². The van der Waals surface area contributed by atoms with Gasteiger partial charge in [0.2, 0.25) is 0 Å². The Balaban J connectivity index is 1.37. The number of amides is 1. The number of ether oxygens (including phenoxy) is 1. The maximum absolute atomic E-state index is 13.3. The van der Waals surface area contributed by atoms with Crippen molar-refractivity contribution in [2.45, 2.75) is 12.7 Å². The summed E-state index contributed by atoms with van der Waals surface area (Å²) >= 11 is 1.55. The van der Waals surface area contributed by atoms with Gasteiger partial charge >= 0.3 is 6.18 Å². The number of methoxy groups -OCH3 is 1. The molecular weight excluding hydrogens is 439 g/mol. The van der Waals surface area contributed by atoms with Crippen LogP contribution >= 0.6 is 11.3 Å². The van der Waals surface area contributed by atoms with Gasteiger partial charge in [0.1, 0.15) is 10.8 Å². The molecule has 0 atom stereocenters. The number of rotatable bonds is 5. The Kier molecular flexibility index (Phi) is 6.48. The molecule has 168 valence electrons. The van der Waals surface area contributed by atoms with Crippen molar-refractivity contribution >= 4 is 17.2 Å². The molecule has 1 fully saturated rings. The van der Waals surface area contributed by atoms with Crippen LogP contribution in [0.15, 0.2) is 53.9 Å². The van der Waals surface area contributed by atoms with Gasteiger partial charge in [0.25, 0.3) is 5.91 Å². The molecule has 5 nitrogen and oxygen atoms in total. The maximum Gasteiger partial charge on any atom is 0.417 e. The molecule has 1 aromatic heterocycles. The molecule has 2 heterocycles. The number of benzene rings is 2. The third kappa shape index (κ3) is 4.94. The Morgan fingerprint density at radius 2 is 1.84 bits per heavy atom. The van der Waals surface area contributed by atoms with E-state index in [1.165, 1.54) is 23.1 Å². The van der Waals surface area contributed by atoms with Gasteiger partial charge in [-0.1, -0.05) is 24.3 Å². The second-order valence-electron chi connectivity index (χ2n) is 7.49. The maximum atomic E-state index is 13.3. The number of hydrogen-bond acceptors (Lipinski definition) is 5. The Morgan fingerprint density at radius 3 is 2.56 bits per heavy atom. The summed E-state index contributed by atoms with van der Waals surface area (Å²) in [6, 6.07) is 12.7. The number of carbonyl (C=O) groups is 1. The van der Waals surface area contributed by atoms with Crippen LogP contribution in [0.5, 0.6) is 5.75 Å². The molecule has 3 aromatic rings. The lowest BCUT2D eigenvalue weighted by Crippen LogP contribution is -2.48. The van der Waals surface area contributed by atoms with Gasteiger partial charge in [-0.05, 0) is 24.3 Å². The van der Waals surface area contributed by atoms with Gasteiger partial charge in [0.15, 0.2) is 0 Å². The first-order valence-electron chi connectivity index (χ1n) is 10.1. The molecule has 2 aromatic carbocycles. The van der Waals surface area contributed by atoms with E-state index in [0.29, 0.717) is 32.7 Å². The Morgan fingerprint density at radius 1 is 1.09 bits per heavy atom. The van der Waals surface area contributed by atoms with Crippen molar-refractivity contribution < 1.29 is 22.7 Å². The largest absolute Gasteiger partial charge is 0.497 e. The van der Waals surface area contributed by atoms with Crippen LogP contribution in [0.3, 0.4) is 0 Å². The summed E-state index contributed by atoms with van der Waals surface area (Å²) in [5.41, 5.74) is 0.727. The number of halogens is 3. The second kappa shape index (κ2) is 9.30. The molecule has 1 aliphatic rings. The SMILES string of the molecule is COc1cccc(-c2nc(CN3CCN(C(=O)c4ccccc4C(F)(F)F)CC3)cs2)c1. The topological polar surface area (TPSA) is 45.7 Å². The number of alkyl halides is 3. The van der Waals surface area contributed by atoms with Gasteiger partial charge in [-0.3, -0.25) is 9.69 Å². The monoisotopic (exact) mass is 461 g/mol. The van der Waals surface area contributed by atoms with E-state index < -0.39 is 17.6 Å². The summed E-state index contributed by atoms with van der Waals surface area (Å²) in [6.45, 7) is 2.52. The Labute approximate surface area is 188 Å². The molecule has 0 saturated carbocycles. The number of carbonyl (C=O) groups excluding carboxylic acids is 1. The number of aromatic nitrogens is 1. The van der Waals surface area contributed by atoms with E-state index in [1.807, 2.05) is 29.6 Å². The molecule has 0 unspecified atom stereocenters. The summed E-state index contributed by atoms with van der Waals surface area (Å²) in [5.74, 6) is 0.193. The Hall–Kier alpha value is -2.91. The summed E-state index contributed by atoms with van der Waals surface area (Å²) in [5, 5.41) is 2.91. The summed E-state index contributed by atoms with van der Waals surface area (Å²) in [6.07, 6.45) is -4.56. The number of piperazine rings is 1. The molecule has 32 heavy (non-hydrogen) atoms. The van der Waals surface area contributed by atoms with E-state index in [4.69, 9.17) is 9.72 Å². The van der Waals surface area contributed by atoms with Gasteiger partial charge in [0.05, 0.1) is 23.9 Å². The summed E-state index contributed by atoms with van der Waals surface area (Å²) < 4.78 is 45.0. The molecule has 4 rings (SSSR count). The standard InChI is InChI=1S/C23H22F3N3O2S/c1-31-18-6-4-5-16(13-18)21-27-17(15-32-21)14-28-9-11-29(12-10-28)22(30)19-7-2-3-8-20(19)23(24,25)26/h2-8,13,15H,9-12,14H2,1H3. The van der Waals surface area contributed by atoms with Crippen molar-refractivity contribution in [3.8, 4) is 16.3 Å². The van der Waals surface area contributed by atoms with Crippen LogP contribution in [0, 0.1) is 0 Å². The van der Waals surface area contributed by atoms with E-state index in [2.05, 4.69) is 4.90 Å².